The zero-order valence-corrected chi connectivity index (χ0v) is 17.7. The summed E-state index contributed by atoms with van der Waals surface area (Å²) in [5.74, 6) is 0. The van der Waals surface area contributed by atoms with Gasteiger partial charge in [-0.3, -0.25) is 18.7 Å². The summed E-state index contributed by atoms with van der Waals surface area (Å²) < 4.78 is 38.6. The predicted molar refractivity (Wildman–Crippen MR) is 94.1 cm³/mol. The molecule has 0 aromatic rings. The molecule has 0 unspecified atom stereocenters. The minimum Gasteiger partial charge on any atom is -0.251 e. The summed E-state index contributed by atoms with van der Waals surface area (Å²) in [6.45, 7) is -5.75. The molecule has 0 spiro atoms. The smallest absolute Gasteiger partial charge is 0.251 e. The zero-order chi connectivity index (χ0) is 17.2. The number of rotatable bonds is 6. The second-order valence-electron chi connectivity index (χ2n) is 4.99. The van der Waals surface area contributed by atoms with E-state index in [4.69, 9.17) is 22.5 Å². The average Bonchev–Trinajstić information content (AvgIpc) is 2.26. The molecule has 8 nitrogen and oxygen atoms in total. The van der Waals surface area contributed by atoms with Gasteiger partial charge in [-0.05, 0) is 78.9 Å². The maximum absolute atomic E-state index is 12.3. The lowest BCUT2D eigenvalue weighted by molar-refractivity contribution is 0.568. The van der Waals surface area contributed by atoms with E-state index in [9.17, 15) is 8.42 Å². The predicted octanol–water partition coefficient (Wildman–Crippen LogP) is 2.85. The summed E-state index contributed by atoms with van der Waals surface area (Å²) in [6, 6.07) is 0. The Morgan fingerprint density at radius 3 is 1.00 bits per heavy atom. The number of halogens is 2. The second kappa shape index (κ2) is 7.60. The monoisotopic (exact) mass is 400 g/mol. The van der Waals surface area contributed by atoms with E-state index in [0.29, 0.717) is 0 Å². The molecule has 0 aromatic heterocycles. The molecule has 0 amide bonds. The van der Waals surface area contributed by atoms with Crippen LogP contribution in [-0.4, -0.2) is 83.5 Å². The van der Waals surface area contributed by atoms with Crippen LogP contribution in [0.5, 0.6) is 0 Å². The Bertz CT molecular complexity index is 507. The van der Waals surface area contributed by atoms with Crippen LogP contribution in [-0.2, 0) is 10.2 Å². The van der Waals surface area contributed by atoms with E-state index in [-0.39, 0.29) is 0 Å². The molecular formula is C8H24Cl2N6O2P2S. The summed E-state index contributed by atoms with van der Waals surface area (Å²) in [5.41, 5.74) is 0. The van der Waals surface area contributed by atoms with Crippen LogP contribution in [0.1, 0.15) is 0 Å². The van der Waals surface area contributed by atoms with Gasteiger partial charge < -0.3 is 0 Å². The van der Waals surface area contributed by atoms with Crippen molar-refractivity contribution in [3.8, 4) is 0 Å². The third-order valence-corrected chi connectivity index (χ3v) is 14.6. The molecule has 13 heteroatoms. The van der Waals surface area contributed by atoms with Gasteiger partial charge in [-0.15, -0.1) is 8.30 Å². The highest BCUT2D eigenvalue weighted by Crippen LogP contribution is 2.62. The molecule has 0 aliphatic rings. The van der Waals surface area contributed by atoms with Crippen molar-refractivity contribution in [2.75, 3.05) is 56.4 Å². The Morgan fingerprint density at radius 2 is 0.857 bits per heavy atom. The number of hydrogen-bond donors (Lipinski definition) is 0. The number of nitrogens with zero attached hydrogens (tertiary/aromatic N) is 6. The molecule has 0 rings (SSSR count). The quantitative estimate of drug-likeness (QED) is 0.638. The Hall–Kier alpha value is 0.830. The van der Waals surface area contributed by atoms with Crippen LogP contribution in [0.3, 0.4) is 0 Å². The van der Waals surface area contributed by atoms with Gasteiger partial charge in [0.25, 0.3) is 0 Å². The van der Waals surface area contributed by atoms with Gasteiger partial charge >= 0.3 is 10.2 Å². The van der Waals surface area contributed by atoms with Gasteiger partial charge in [0, 0.05) is 0 Å². The largest absolute Gasteiger partial charge is 0.367 e. The normalized spacial score (nSPS) is 14.4. The first-order valence-corrected chi connectivity index (χ1v) is 12.3. The molecule has 0 N–H and O–H groups in total. The van der Waals surface area contributed by atoms with E-state index in [1.807, 2.05) is 0 Å². The van der Waals surface area contributed by atoms with Crippen molar-refractivity contribution in [3.63, 3.8) is 0 Å². The minimum atomic E-state index is -4.16. The highest BCUT2D eigenvalue weighted by atomic mass is 35.7. The van der Waals surface area contributed by atoms with Crippen molar-refractivity contribution in [2.45, 2.75) is 0 Å². The van der Waals surface area contributed by atoms with Gasteiger partial charge in [-0.1, -0.05) is 0 Å². The minimum absolute atomic E-state index is 1.57. The second-order valence-corrected chi connectivity index (χ2v) is 15.1. The van der Waals surface area contributed by atoms with Gasteiger partial charge in [0.2, 0.25) is 13.4 Å². The van der Waals surface area contributed by atoms with Crippen LogP contribution in [0.25, 0.3) is 0 Å². The molecule has 128 valence electrons. The molecule has 0 aliphatic carbocycles. The fourth-order valence-corrected chi connectivity index (χ4v) is 8.98. The van der Waals surface area contributed by atoms with E-state index in [0.717, 1.165) is 0 Å². The lowest BCUT2D eigenvalue weighted by Gasteiger charge is -2.31. The fourth-order valence-electron chi connectivity index (χ4n) is 1.29. The number of hydrogen-bond acceptors (Lipinski definition) is 2. The average molecular weight is 401 g/mol. The standard InChI is InChI=1S/C8H24Cl2N6O2P2S/c1-13(2)19(9,14(3)4)11-21(17,18)12-20(10,15(5)6)16(7)8/h1-8H3. The summed E-state index contributed by atoms with van der Waals surface area (Å²) in [7, 11) is 9.18. The molecule has 0 radical (unpaired) electrons. The van der Waals surface area contributed by atoms with Crippen LogP contribution in [0.4, 0.5) is 0 Å². The van der Waals surface area contributed by atoms with E-state index in [1.165, 1.54) is 0 Å². The van der Waals surface area contributed by atoms with Gasteiger partial charge in [-0.25, -0.2) is 0 Å². The van der Waals surface area contributed by atoms with Crippen LogP contribution < -0.4 is 0 Å². The van der Waals surface area contributed by atoms with Crippen molar-refractivity contribution in [2.24, 2.45) is 8.30 Å². The summed E-state index contributed by atoms with van der Waals surface area (Å²) in [4.78, 5) is 0. The van der Waals surface area contributed by atoms with E-state index < -0.39 is 23.6 Å². The summed E-state index contributed by atoms with van der Waals surface area (Å²) in [5, 5.41) is 0. The highest BCUT2D eigenvalue weighted by molar-refractivity contribution is 8.02. The molecular weight excluding hydrogens is 377 g/mol. The Balaban J connectivity index is 6.26. The first-order valence-electron chi connectivity index (χ1n) is 5.81. The molecule has 0 aliphatic heterocycles. The van der Waals surface area contributed by atoms with E-state index >= 15 is 0 Å². The molecule has 0 atom stereocenters. The lowest BCUT2D eigenvalue weighted by Crippen LogP contribution is -2.20. The van der Waals surface area contributed by atoms with E-state index in [1.54, 1.807) is 75.1 Å². The maximum Gasteiger partial charge on any atom is 0.367 e. The first kappa shape index (κ1) is 21.8. The van der Waals surface area contributed by atoms with Crippen molar-refractivity contribution in [3.05, 3.63) is 0 Å². The van der Waals surface area contributed by atoms with Gasteiger partial charge in [0.15, 0.2) is 0 Å². The molecule has 0 aromatic carbocycles. The molecule has 0 fully saturated rings. The third-order valence-electron chi connectivity index (χ3n) is 2.45. The van der Waals surface area contributed by atoms with Gasteiger partial charge in [0.05, 0.1) is 0 Å². The van der Waals surface area contributed by atoms with Crippen LogP contribution in [0.2, 0.25) is 0 Å². The Morgan fingerprint density at radius 1 is 0.667 bits per heavy atom. The Kier molecular flexibility index (Phi) is 7.90. The Labute approximate surface area is 138 Å². The molecule has 21 heavy (non-hydrogen) atoms. The highest BCUT2D eigenvalue weighted by Gasteiger charge is 2.30. The lowest BCUT2D eigenvalue weighted by atomic mass is 11.3. The van der Waals surface area contributed by atoms with Crippen molar-refractivity contribution >= 4 is 46.1 Å². The van der Waals surface area contributed by atoms with Gasteiger partial charge in [0.1, 0.15) is 0 Å². The van der Waals surface area contributed by atoms with Crippen molar-refractivity contribution in [1.29, 1.82) is 0 Å². The molecule has 0 bridgehead atoms. The first-order chi connectivity index (χ1) is 9.19. The third kappa shape index (κ3) is 5.44. The maximum atomic E-state index is 12.3. The fraction of sp³-hybridized carbons (Fsp3) is 1.00. The van der Waals surface area contributed by atoms with Crippen LogP contribution in [0.15, 0.2) is 8.30 Å². The van der Waals surface area contributed by atoms with Gasteiger partial charge in [-0.2, -0.15) is 8.42 Å². The topological polar surface area (TPSA) is 71.8 Å². The summed E-state index contributed by atoms with van der Waals surface area (Å²) in [6.07, 6.45) is 0. The molecule has 0 saturated carbocycles. The zero-order valence-electron chi connectivity index (χ0n) is 13.6. The van der Waals surface area contributed by atoms with E-state index in [2.05, 4.69) is 8.30 Å². The molecule has 0 heterocycles. The van der Waals surface area contributed by atoms with Crippen molar-refractivity contribution in [1.82, 2.24) is 18.7 Å². The van der Waals surface area contributed by atoms with Crippen LogP contribution in [0, 0.1) is 0 Å². The SMILES string of the molecule is CN(C)P(Cl)(=NS(=O)(=O)N=P(Cl)(N(C)C)N(C)C)N(C)C. The van der Waals surface area contributed by atoms with Crippen molar-refractivity contribution < 1.29 is 8.42 Å². The summed E-state index contributed by atoms with van der Waals surface area (Å²) >= 11 is 12.8. The molecule has 0 saturated heterocycles. The van der Waals surface area contributed by atoms with Crippen LogP contribution >= 0.6 is 35.9 Å².